The number of methoxy groups -OCH3 is 1. The zero-order chi connectivity index (χ0) is 13.3. The van der Waals surface area contributed by atoms with Gasteiger partial charge in [0.15, 0.2) is 5.82 Å². The largest absolute Gasteiger partial charge is 0.376 e. The van der Waals surface area contributed by atoms with Crippen molar-refractivity contribution < 1.29 is 9.47 Å². The Morgan fingerprint density at radius 3 is 2.74 bits per heavy atom. The first-order valence-electron chi connectivity index (χ1n) is 7.00. The molecule has 0 saturated heterocycles. The van der Waals surface area contributed by atoms with Crippen molar-refractivity contribution in [1.82, 2.24) is 9.97 Å². The van der Waals surface area contributed by atoms with Crippen molar-refractivity contribution in [2.24, 2.45) is 0 Å². The summed E-state index contributed by atoms with van der Waals surface area (Å²) in [6.45, 7) is 1.35. The maximum Gasteiger partial charge on any atom is 0.162 e. The van der Waals surface area contributed by atoms with E-state index in [1.165, 1.54) is 12.8 Å². The van der Waals surface area contributed by atoms with Gasteiger partial charge < -0.3 is 14.8 Å². The number of fused-ring (bicyclic) bond motifs is 1. The third-order valence-corrected chi connectivity index (χ3v) is 4.27. The minimum atomic E-state index is -0.279. The molecule has 0 atom stereocenters. The molecule has 1 aliphatic heterocycles. The van der Waals surface area contributed by atoms with Crippen LogP contribution in [0.1, 0.15) is 42.8 Å². The highest BCUT2D eigenvalue weighted by Crippen LogP contribution is 2.41. The van der Waals surface area contributed by atoms with Gasteiger partial charge in [-0.15, -0.1) is 0 Å². The van der Waals surface area contributed by atoms with E-state index in [0.29, 0.717) is 6.61 Å². The highest BCUT2D eigenvalue weighted by molar-refractivity contribution is 5.47. The van der Waals surface area contributed by atoms with Crippen LogP contribution in [-0.4, -0.2) is 30.7 Å². The minimum absolute atomic E-state index is 0.279. The fourth-order valence-corrected chi connectivity index (χ4v) is 3.11. The van der Waals surface area contributed by atoms with Crippen LogP contribution in [0.4, 0.5) is 5.82 Å². The Morgan fingerprint density at radius 2 is 2.05 bits per heavy atom. The second kappa shape index (κ2) is 5.06. The Bertz CT molecular complexity index is 453. The molecular formula is C14H21N3O2. The summed E-state index contributed by atoms with van der Waals surface area (Å²) in [4.78, 5) is 9.49. The normalized spacial score (nSPS) is 21.2. The summed E-state index contributed by atoms with van der Waals surface area (Å²) >= 11 is 0. The van der Waals surface area contributed by atoms with Crippen molar-refractivity contribution in [2.45, 2.75) is 44.3 Å². The summed E-state index contributed by atoms with van der Waals surface area (Å²) < 4.78 is 11.3. The Morgan fingerprint density at radius 1 is 1.26 bits per heavy atom. The quantitative estimate of drug-likeness (QED) is 0.904. The molecule has 0 amide bonds. The summed E-state index contributed by atoms with van der Waals surface area (Å²) in [5.41, 5.74) is 1.93. The van der Waals surface area contributed by atoms with Gasteiger partial charge in [-0.05, 0) is 25.7 Å². The van der Waals surface area contributed by atoms with Gasteiger partial charge in [0.25, 0.3) is 0 Å². The lowest BCUT2D eigenvalue weighted by Crippen LogP contribution is -2.29. The number of nitrogens with zero attached hydrogens (tertiary/aromatic N) is 2. The zero-order valence-corrected chi connectivity index (χ0v) is 11.7. The molecular weight excluding hydrogens is 242 g/mol. The van der Waals surface area contributed by atoms with Gasteiger partial charge >= 0.3 is 0 Å². The third kappa shape index (κ3) is 2.11. The Balaban J connectivity index is 2.06. The number of rotatable bonds is 3. The molecule has 0 spiro atoms. The van der Waals surface area contributed by atoms with Crippen molar-refractivity contribution in [3.05, 3.63) is 17.1 Å². The Hall–Kier alpha value is -1.20. The summed E-state index contributed by atoms with van der Waals surface area (Å²) in [5.74, 6) is 1.74. The molecule has 5 nitrogen and oxygen atoms in total. The maximum atomic E-state index is 5.79. The van der Waals surface area contributed by atoms with Crippen molar-refractivity contribution in [2.75, 3.05) is 26.1 Å². The minimum Gasteiger partial charge on any atom is -0.376 e. The van der Waals surface area contributed by atoms with Gasteiger partial charge in [0.2, 0.25) is 0 Å². The predicted molar refractivity (Wildman–Crippen MR) is 72.1 cm³/mol. The first-order valence-corrected chi connectivity index (χ1v) is 7.00. The molecule has 0 unspecified atom stereocenters. The van der Waals surface area contributed by atoms with Crippen LogP contribution >= 0.6 is 0 Å². The number of aromatic nitrogens is 2. The van der Waals surface area contributed by atoms with Crippen LogP contribution in [-0.2, 0) is 28.1 Å². The van der Waals surface area contributed by atoms with E-state index in [1.54, 1.807) is 7.11 Å². The van der Waals surface area contributed by atoms with Gasteiger partial charge in [-0.3, -0.25) is 0 Å². The van der Waals surface area contributed by atoms with Gasteiger partial charge in [-0.25, -0.2) is 9.97 Å². The number of ether oxygens (including phenoxy) is 2. The molecule has 5 heteroatoms. The molecule has 19 heavy (non-hydrogen) atoms. The van der Waals surface area contributed by atoms with Crippen molar-refractivity contribution in [1.29, 1.82) is 0 Å². The van der Waals surface area contributed by atoms with Gasteiger partial charge in [0.1, 0.15) is 11.4 Å². The second-order valence-electron chi connectivity index (χ2n) is 5.28. The molecule has 1 aromatic rings. The van der Waals surface area contributed by atoms with Crippen LogP contribution < -0.4 is 5.32 Å². The Kier molecular flexibility index (Phi) is 3.41. The fourth-order valence-electron chi connectivity index (χ4n) is 3.11. The number of hydrogen-bond acceptors (Lipinski definition) is 5. The van der Waals surface area contributed by atoms with Crippen LogP contribution in [0.5, 0.6) is 0 Å². The SMILES string of the molecule is CNc1nc(C2(OC)CCCC2)nc2c1COCC2. The average molecular weight is 263 g/mol. The third-order valence-electron chi connectivity index (χ3n) is 4.27. The topological polar surface area (TPSA) is 56.3 Å². The lowest BCUT2D eigenvalue weighted by molar-refractivity contribution is -0.0167. The summed E-state index contributed by atoms with van der Waals surface area (Å²) in [7, 11) is 3.67. The standard InChI is InChI=1S/C14H21N3O2/c1-15-12-10-9-19-8-5-11(10)16-13(17-12)14(18-2)6-3-4-7-14/h3-9H2,1-2H3,(H,15,16,17). The molecule has 1 aromatic heterocycles. The van der Waals surface area contributed by atoms with Crippen LogP contribution in [0.25, 0.3) is 0 Å². The van der Waals surface area contributed by atoms with E-state index in [2.05, 4.69) is 5.32 Å². The van der Waals surface area contributed by atoms with E-state index < -0.39 is 0 Å². The predicted octanol–water partition coefficient (Wildman–Crippen LogP) is 2.01. The molecule has 1 saturated carbocycles. The lowest BCUT2D eigenvalue weighted by atomic mass is 10.00. The summed E-state index contributed by atoms with van der Waals surface area (Å²) in [6.07, 6.45) is 5.27. The molecule has 0 bridgehead atoms. The second-order valence-corrected chi connectivity index (χ2v) is 5.28. The average Bonchev–Trinajstić information content (AvgIpc) is 2.96. The van der Waals surface area contributed by atoms with E-state index in [1.807, 2.05) is 7.05 Å². The van der Waals surface area contributed by atoms with Gasteiger partial charge in [0, 0.05) is 26.1 Å². The van der Waals surface area contributed by atoms with Crippen LogP contribution in [0, 0.1) is 0 Å². The van der Waals surface area contributed by atoms with E-state index in [0.717, 1.165) is 48.8 Å². The van der Waals surface area contributed by atoms with E-state index in [9.17, 15) is 0 Å². The van der Waals surface area contributed by atoms with Gasteiger partial charge in [-0.2, -0.15) is 0 Å². The monoisotopic (exact) mass is 263 g/mol. The van der Waals surface area contributed by atoms with Crippen molar-refractivity contribution >= 4 is 5.82 Å². The smallest absolute Gasteiger partial charge is 0.162 e. The van der Waals surface area contributed by atoms with Crippen LogP contribution in [0.15, 0.2) is 0 Å². The molecule has 2 aliphatic rings. The molecule has 3 rings (SSSR count). The summed E-state index contributed by atoms with van der Waals surface area (Å²) in [5, 5.41) is 3.17. The number of anilines is 1. The Labute approximate surface area is 113 Å². The highest BCUT2D eigenvalue weighted by Gasteiger charge is 2.39. The first kappa shape index (κ1) is 12.8. The van der Waals surface area contributed by atoms with Crippen molar-refractivity contribution in [3.63, 3.8) is 0 Å². The van der Waals surface area contributed by atoms with E-state index >= 15 is 0 Å². The van der Waals surface area contributed by atoms with Crippen LogP contribution in [0.2, 0.25) is 0 Å². The molecule has 2 heterocycles. The number of nitrogens with one attached hydrogen (secondary N) is 1. The molecule has 1 N–H and O–H groups in total. The van der Waals surface area contributed by atoms with Gasteiger partial charge in [0.05, 0.1) is 18.9 Å². The fraction of sp³-hybridized carbons (Fsp3) is 0.714. The zero-order valence-electron chi connectivity index (χ0n) is 11.7. The number of hydrogen-bond donors (Lipinski definition) is 1. The maximum absolute atomic E-state index is 5.79. The lowest BCUT2D eigenvalue weighted by Gasteiger charge is -2.28. The van der Waals surface area contributed by atoms with E-state index in [4.69, 9.17) is 19.4 Å². The van der Waals surface area contributed by atoms with Gasteiger partial charge in [-0.1, -0.05) is 0 Å². The molecule has 0 radical (unpaired) electrons. The summed E-state index contributed by atoms with van der Waals surface area (Å²) in [6, 6.07) is 0. The molecule has 1 aliphatic carbocycles. The van der Waals surface area contributed by atoms with E-state index in [-0.39, 0.29) is 5.60 Å². The van der Waals surface area contributed by atoms with Crippen LogP contribution in [0.3, 0.4) is 0 Å². The first-order chi connectivity index (χ1) is 9.29. The highest BCUT2D eigenvalue weighted by atomic mass is 16.5. The molecule has 1 fully saturated rings. The van der Waals surface area contributed by atoms with Crippen molar-refractivity contribution in [3.8, 4) is 0 Å². The molecule has 104 valence electrons. The molecule has 0 aromatic carbocycles.